The lowest BCUT2D eigenvalue weighted by atomic mass is 9.80. The summed E-state index contributed by atoms with van der Waals surface area (Å²) < 4.78 is 5.16. The van der Waals surface area contributed by atoms with Gasteiger partial charge in [-0.25, -0.2) is 0 Å². The summed E-state index contributed by atoms with van der Waals surface area (Å²) in [5.41, 5.74) is -0.874. The standard InChI is InChI=1S/C11H20N2O4/c1-8(12-2)9(14)13-7-11(10(15)16)3-5-17-6-4-11/h8,12H,3-7H2,1-2H3,(H,13,14)(H,15,16). The van der Waals surface area contributed by atoms with Crippen molar-refractivity contribution in [1.82, 2.24) is 10.6 Å². The van der Waals surface area contributed by atoms with Crippen LogP contribution in [-0.2, 0) is 14.3 Å². The third kappa shape index (κ3) is 3.41. The quantitative estimate of drug-likeness (QED) is 0.612. The lowest BCUT2D eigenvalue weighted by Gasteiger charge is -2.33. The van der Waals surface area contributed by atoms with Gasteiger partial charge in [-0.1, -0.05) is 0 Å². The highest BCUT2D eigenvalue weighted by Crippen LogP contribution is 2.30. The number of hydrogen-bond acceptors (Lipinski definition) is 4. The van der Waals surface area contributed by atoms with E-state index in [1.807, 2.05) is 0 Å². The Balaban J connectivity index is 2.56. The average molecular weight is 244 g/mol. The highest BCUT2D eigenvalue weighted by molar-refractivity contribution is 5.82. The van der Waals surface area contributed by atoms with Gasteiger partial charge in [0.25, 0.3) is 0 Å². The summed E-state index contributed by atoms with van der Waals surface area (Å²) >= 11 is 0. The van der Waals surface area contributed by atoms with Gasteiger partial charge in [-0.05, 0) is 26.8 Å². The molecule has 1 amide bonds. The molecule has 98 valence electrons. The first-order chi connectivity index (χ1) is 8.02. The first-order valence-electron chi connectivity index (χ1n) is 5.78. The Bertz CT molecular complexity index is 287. The van der Waals surface area contributed by atoms with Crippen molar-refractivity contribution in [3.05, 3.63) is 0 Å². The van der Waals surface area contributed by atoms with E-state index in [1.165, 1.54) is 0 Å². The van der Waals surface area contributed by atoms with Crippen molar-refractivity contribution in [2.75, 3.05) is 26.8 Å². The zero-order valence-corrected chi connectivity index (χ0v) is 10.3. The van der Waals surface area contributed by atoms with Crippen molar-refractivity contribution >= 4 is 11.9 Å². The molecule has 0 radical (unpaired) electrons. The maximum Gasteiger partial charge on any atom is 0.311 e. The number of carboxylic acid groups (broad SMARTS) is 1. The second-order valence-corrected chi connectivity index (χ2v) is 4.43. The van der Waals surface area contributed by atoms with Crippen LogP contribution in [0.15, 0.2) is 0 Å². The van der Waals surface area contributed by atoms with E-state index >= 15 is 0 Å². The average Bonchev–Trinajstić information content (AvgIpc) is 2.35. The van der Waals surface area contributed by atoms with Gasteiger partial charge in [0.2, 0.25) is 5.91 Å². The maximum atomic E-state index is 11.6. The fourth-order valence-corrected chi connectivity index (χ4v) is 1.77. The number of carbonyl (C=O) groups excluding carboxylic acids is 1. The minimum Gasteiger partial charge on any atom is -0.481 e. The third-order valence-electron chi connectivity index (χ3n) is 3.33. The van der Waals surface area contributed by atoms with Crippen molar-refractivity contribution in [3.63, 3.8) is 0 Å². The van der Waals surface area contributed by atoms with Crippen LogP contribution in [0.25, 0.3) is 0 Å². The fraction of sp³-hybridized carbons (Fsp3) is 0.818. The molecule has 1 unspecified atom stereocenters. The molecule has 0 bridgehead atoms. The Morgan fingerprint density at radius 1 is 1.41 bits per heavy atom. The third-order valence-corrected chi connectivity index (χ3v) is 3.33. The van der Waals surface area contributed by atoms with Crippen molar-refractivity contribution in [3.8, 4) is 0 Å². The van der Waals surface area contributed by atoms with Crippen LogP contribution in [0.4, 0.5) is 0 Å². The van der Waals surface area contributed by atoms with E-state index in [4.69, 9.17) is 4.74 Å². The zero-order valence-electron chi connectivity index (χ0n) is 10.3. The smallest absolute Gasteiger partial charge is 0.311 e. The molecule has 1 heterocycles. The molecule has 6 heteroatoms. The molecule has 1 rings (SSSR count). The molecule has 0 aromatic carbocycles. The maximum absolute atomic E-state index is 11.6. The molecule has 0 aromatic rings. The van der Waals surface area contributed by atoms with Crippen molar-refractivity contribution in [2.24, 2.45) is 5.41 Å². The van der Waals surface area contributed by atoms with E-state index in [2.05, 4.69) is 10.6 Å². The molecule has 0 saturated carbocycles. The summed E-state index contributed by atoms with van der Waals surface area (Å²) in [5, 5.41) is 14.8. The summed E-state index contributed by atoms with van der Waals surface area (Å²) in [6.07, 6.45) is 0.882. The number of hydrogen-bond donors (Lipinski definition) is 3. The molecule has 1 saturated heterocycles. The SMILES string of the molecule is CNC(C)C(=O)NCC1(C(=O)O)CCOCC1. The molecule has 1 aliphatic heterocycles. The number of rotatable bonds is 5. The van der Waals surface area contributed by atoms with E-state index in [9.17, 15) is 14.7 Å². The lowest BCUT2D eigenvalue weighted by Crippen LogP contribution is -2.49. The molecule has 1 fully saturated rings. The Morgan fingerprint density at radius 2 is 2.00 bits per heavy atom. The number of carbonyl (C=O) groups is 2. The predicted octanol–water partition coefficient (Wildman–Crippen LogP) is -0.408. The number of aliphatic carboxylic acids is 1. The topological polar surface area (TPSA) is 87.7 Å². The minimum absolute atomic E-state index is 0.163. The predicted molar refractivity (Wildman–Crippen MR) is 61.7 cm³/mol. The Morgan fingerprint density at radius 3 is 2.47 bits per heavy atom. The van der Waals surface area contributed by atoms with Crippen LogP contribution in [0.1, 0.15) is 19.8 Å². The zero-order chi connectivity index (χ0) is 12.9. The number of carboxylic acids is 1. The van der Waals surface area contributed by atoms with Gasteiger partial charge in [0, 0.05) is 19.8 Å². The van der Waals surface area contributed by atoms with E-state index in [0.29, 0.717) is 26.1 Å². The molecule has 0 aliphatic carbocycles. The molecule has 1 aliphatic rings. The van der Waals surface area contributed by atoms with Crippen molar-refractivity contribution < 1.29 is 19.4 Å². The summed E-state index contributed by atoms with van der Waals surface area (Å²) in [6.45, 7) is 2.76. The Labute approximate surface area is 101 Å². The molecule has 1 atom stereocenters. The molecule has 0 spiro atoms. The normalized spacial score (nSPS) is 20.6. The van der Waals surface area contributed by atoms with Crippen molar-refractivity contribution in [1.29, 1.82) is 0 Å². The van der Waals surface area contributed by atoms with Crippen LogP contribution in [0, 0.1) is 5.41 Å². The largest absolute Gasteiger partial charge is 0.481 e. The summed E-state index contributed by atoms with van der Waals surface area (Å²) in [7, 11) is 1.69. The van der Waals surface area contributed by atoms with E-state index in [-0.39, 0.29) is 18.5 Å². The Hall–Kier alpha value is -1.14. The van der Waals surface area contributed by atoms with Crippen LogP contribution in [0.2, 0.25) is 0 Å². The number of nitrogens with one attached hydrogen (secondary N) is 2. The van der Waals surface area contributed by atoms with Crippen LogP contribution in [0.3, 0.4) is 0 Å². The minimum atomic E-state index is -0.874. The van der Waals surface area contributed by atoms with Crippen molar-refractivity contribution in [2.45, 2.75) is 25.8 Å². The van der Waals surface area contributed by atoms with Gasteiger partial charge in [0.05, 0.1) is 11.5 Å². The molecule has 17 heavy (non-hydrogen) atoms. The van der Waals surface area contributed by atoms with Crippen LogP contribution < -0.4 is 10.6 Å². The van der Waals surface area contributed by atoms with Gasteiger partial charge in [-0.15, -0.1) is 0 Å². The van der Waals surface area contributed by atoms with Crippen LogP contribution >= 0.6 is 0 Å². The lowest BCUT2D eigenvalue weighted by molar-refractivity contribution is -0.154. The van der Waals surface area contributed by atoms with Gasteiger partial charge in [0.15, 0.2) is 0 Å². The van der Waals surface area contributed by atoms with Gasteiger partial charge in [-0.3, -0.25) is 9.59 Å². The van der Waals surface area contributed by atoms with Crippen LogP contribution in [0.5, 0.6) is 0 Å². The monoisotopic (exact) mass is 244 g/mol. The van der Waals surface area contributed by atoms with Gasteiger partial charge >= 0.3 is 5.97 Å². The first kappa shape index (κ1) is 13.9. The molecule has 6 nitrogen and oxygen atoms in total. The summed E-state index contributed by atoms with van der Waals surface area (Å²) in [4.78, 5) is 22.9. The summed E-state index contributed by atoms with van der Waals surface area (Å²) in [6, 6.07) is -0.319. The number of likely N-dealkylation sites (N-methyl/N-ethyl adjacent to an activating group) is 1. The van der Waals surface area contributed by atoms with Gasteiger partial charge < -0.3 is 20.5 Å². The highest BCUT2D eigenvalue weighted by Gasteiger charge is 2.40. The molecular formula is C11H20N2O4. The summed E-state index contributed by atoms with van der Waals surface area (Å²) in [5.74, 6) is -1.04. The molecule has 0 aromatic heterocycles. The molecule has 3 N–H and O–H groups in total. The molecular weight excluding hydrogens is 224 g/mol. The van der Waals surface area contributed by atoms with E-state index in [1.54, 1.807) is 14.0 Å². The highest BCUT2D eigenvalue weighted by atomic mass is 16.5. The number of ether oxygens (including phenoxy) is 1. The second-order valence-electron chi connectivity index (χ2n) is 4.43. The first-order valence-corrected chi connectivity index (χ1v) is 5.78. The van der Waals surface area contributed by atoms with Gasteiger partial charge in [0.1, 0.15) is 0 Å². The van der Waals surface area contributed by atoms with E-state index in [0.717, 1.165) is 0 Å². The fourth-order valence-electron chi connectivity index (χ4n) is 1.77. The Kier molecular flexibility index (Phi) is 4.89. The van der Waals surface area contributed by atoms with Crippen LogP contribution in [-0.4, -0.2) is 49.8 Å². The second kappa shape index (κ2) is 5.97. The van der Waals surface area contributed by atoms with Gasteiger partial charge in [-0.2, -0.15) is 0 Å². The van der Waals surface area contributed by atoms with E-state index < -0.39 is 11.4 Å². The number of amides is 1.